The lowest BCUT2D eigenvalue weighted by Gasteiger charge is -2.08. The molecule has 0 atom stereocenters. The van der Waals surface area contributed by atoms with Crippen molar-refractivity contribution in [2.45, 2.75) is 20.8 Å². The molecule has 0 unspecified atom stereocenters. The first-order valence-corrected chi connectivity index (χ1v) is 6.10. The lowest BCUT2D eigenvalue weighted by molar-refractivity contribution is 0.980. The highest BCUT2D eigenvalue weighted by atomic mass is 15.1. The van der Waals surface area contributed by atoms with Gasteiger partial charge in [0.2, 0.25) is 5.95 Å². The van der Waals surface area contributed by atoms with Crippen molar-refractivity contribution in [1.29, 1.82) is 0 Å². The van der Waals surface area contributed by atoms with Crippen LogP contribution in [0.2, 0.25) is 0 Å². The van der Waals surface area contributed by atoms with Gasteiger partial charge in [-0.05, 0) is 44.0 Å². The Morgan fingerprint density at radius 3 is 2.53 bits per heavy atom. The van der Waals surface area contributed by atoms with Crippen molar-refractivity contribution in [3.05, 3.63) is 41.3 Å². The summed E-state index contributed by atoms with van der Waals surface area (Å²) < 4.78 is 1.95. The Bertz CT molecular complexity index is 773. The van der Waals surface area contributed by atoms with Gasteiger partial charge in [-0.2, -0.15) is 4.98 Å². The largest absolute Gasteiger partial charge is 0.368 e. The lowest BCUT2D eigenvalue weighted by Crippen LogP contribution is -2.04. The molecule has 0 spiro atoms. The number of anilines is 1. The van der Waals surface area contributed by atoms with Crippen LogP contribution in [-0.4, -0.2) is 19.5 Å². The number of benzene rings is 1. The number of nitrogen functional groups attached to an aromatic ring is 1. The van der Waals surface area contributed by atoms with E-state index in [9.17, 15) is 0 Å². The van der Waals surface area contributed by atoms with Crippen LogP contribution in [0.5, 0.6) is 0 Å². The molecule has 0 amide bonds. The van der Waals surface area contributed by atoms with Crippen LogP contribution >= 0.6 is 0 Å². The minimum absolute atomic E-state index is 0.270. The Morgan fingerprint density at radius 2 is 1.74 bits per heavy atom. The van der Waals surface area contributed by atoms with Gasteiger partial charge < -0.3 is 5.73 Å². The molecule has 1 aromatic carbocycles. The first-order valence-electron chi connectivity index (χ1n) is 6.10. The molecule has 0 aliphatic carbocycles. The number of aromatic nitrogens is 4. The molecule has 19 heavy (non-hydrogen) atoms. The van der Waals surface area contributed by atoms with Gasteiger partial charge in [0, 0.05) is 11.8 Å². The summed E-state index contributed by atoms with van der Waals surface area (Å²) in [5, 5.41) is 0. The summed E-state index contributed by atoms with van der Waals surface area (Å²) in [7, 11) is 0. The van der Waals surface area contributed by atoms with Crippen molar-refractivity contribution in [1.82, 2.24) is 19.5 Å². The van der Waals surface area contributed by atoms with Crippen LogP contribution in [0, 0.1) is 20.8 Å². The number of hydrogen-bond donors (Lipinski definition) is 1. The van der Waals surface area contributed by atoms with Crippen LogP contribution in [-0.2, 0) is 0 Å². The van der Waals surface area contributed by atoms with Crippen molar-refractivity contribution in [2.75, 3.05) is 5.73 Å². The zero-order chi connectivity index (χ0) is 13.6. The maximum absolute atomic E-state index is 5.68. The third-order valence-corrected chi connectivity index (χ3v) is 3.35. The normalized spacial score (nSPS) is 11.1. The minimum Gasteiger partial charge on any atom is -0.368 e. The highest BCUT2D eigenvalue weighted by Gasteiger charge is 2.10. The molecule has 2 heterocycles. The smallest absolute Gasteiger partial charge is 0.221 e. The first kappa shape index (κ1) is 11.6. The van der Waals surface area contributed by atoms with Crippen LogP contribution < -0.4 is 5.73 Å². The second kappa shape index (κ2) is 4.05. The van der Waals surface area contributed by atoms with Crippen LogP contribution in [0.3, 0.4) is 0 Å². The number of nitrogens with zero attached hydrogens (tertiary/aromatic N) is 4. The molecular formula is C14H15N5. The van der Waals surface area contributed by atoms with Gasteiger partial charge in [0.25, 0.3) is 0 Å². The number of aryl methyl sites for hydroxylation is 3. The maximum Gasteiger partial charge on any atom is 0.221 e. The van der Waals surface area contributed by atoms with E-state index in [1.807, 2.05) is 11.5 Å². The summed E-state index contributed by atoms with van der Waals surface area (Å²) in [4.78, 5) is 12.7. The number of imidazole rings is 1. The van der Waals surface area contributed by atoms with E-state index in [2.05, 4.69) is 40.9 Å². The zero-order valence-corrected chi connectivity index (χ0v) is 11.2. The average molecular weight is 253 g/mol. The molecule has 0 bridgehead atoms. The van der Waals surface area contributed by atoms with Gasteiger partial charge in [-0.15, -0.1) is 0 Å². The first-order chi connectivity index (χ1) is 9.06. The van der Waals surface area contributed by atoms with E-state index in [4.69, 9.17) is 5.73 Å². The van der Waals surface area contributed by atoms with E-state index in [-0.39, 0.29) is 5.95 Å². The van der Waals surface area contributed by atoms with Crippen LogP contribution in [0.25, 0.3) is 16.9 Å². The third kappa shape index (κ3) is 1.83. The molecule has 3 aromatic rings. The quantitative estimate of drug-likeness (QED) is 0.722. The Morgan fingerprint density at radius 1 is 1.00 bits per heavy atom. The highest BCUT2D eigenvalue weighted by molar-refractivity contribution is 5.79. The molecule has 0 fully saturated rings. The standard InChI is InChI=1S/C14H15N5/c1-8-4-11-12(5-9(8)2)19(7-17-11)13-10(3)6-16-14(15)18-13/h4-7H,1-3H3,(H2,15,16,18). The highest BCUT2D eigenvalue weighted by Crippen LogP contribution is 2.22. The van der Waals surface area contributed by atoms with E-state index < -0.39 is 0 Å². The van der Waals surface area contributed by atoms with Crippen molar-refractivity contribution in [3.63, 3.8) is 0 Å². The Hall–Kier alpha value is -2.43. The molecule has 3 rings (SSSR count). The van der Waals surface area contributed by atoms with Gasteiger partial charge in [0.15, 0.2) is 0 Å². The molecule has 2 N–H and O–H groups in total. The molecule has 96 valence electrons. The molecular weight excluding hydrogens is 238 g/mol. The molecule has 0 radical (unpaired) electrons. The van der Waals surface area contributed by atoms with Crippen LogP contribution in [0.4, 0.5) is 5.95 Å². The summed E-state index contributed by atoms with van der Waals surface area (Å²) in [5.41, 5.74) is 11.1. The van der Waals surface area contributed by atoms with E-state index in [0.29, 0.717) is 0 Å². The van der Waals surface area contributed by atoms with Crippen LogP contribution in [0.15, 0.2) is 24.7 Å². The summed E-state index contributed by atoms with van der Waals surface area (Å²) in [5.74, 6) is 1.05. The second-order valence-electron chi connectivity index (χ2n) is 4.77. The summed E-state index contributed by atoms with van der Waals surface area (Å²) in [6.07, 6.45) is 3.50. The number of hydrogen-bond acceptors (Lipinski definition) is 4. The second-order valence-corrected chi connectivity index (χ2v) is 4.77. The van der Waals surface area contributed by atoms with Gasteiger partial charge >= 0.3 is 0 Å². The molecule has 2 aromatic heterocycles. The van der Waals surface area contributed by atoms with Gasteiger partial charge in [-0.3, -0.25) is 4.57 Å². The van der Waals surface area contributed by atoms with Gasteiger partial charge in [0.1, 0.15) is 12.1 Å². The minimum atomic E-state index is 0.270. The molecule has 0 aliphatic rings. The summed E-state index contributed by atoms with van der Waals surface area (Å²) in [6, 6.07) is 4.20. The predicted octanol–water partition coefficient (Wildman–Crippen LogP) is 2.32. The van der Waals surface area contributed by atoms with E-state index >= 15 is 0 Å². The fourth-order valence-corrected chi connectivity index (χ4v) is 2.12. The van der Waals surface area contributed by atoms with Gasteiger partial charge in [-0.1, -0.05) is 0 Å². The average Bonchev–Trinajstić information content (AvgIpc) is 2.76. The van der Waals surface area contributed by atoms with Gasteiger partial charge in [0.05, 0.1) is 11.0 Å². The van der Waals surface area contributed by atoms with Crippen molar-refractivity contribution in [2.24, 2.45) is 0 Å². The van der Waals surface area contributed by atoms with Gasteiger partial charge in [-0.25, -0.2) is 9.97 Å². The fraction of sp³-hybridized carbons (Fsp3) is 0.214. The topological polar surface area (TPSA) is 69.6 Å². The zero-order valence-electron chi connectivity index (χ0n) is 11.2. The molecule has 0 saturated heterocycles. The molecule has 0 aliphatic heterocycles. The number of nitrogens with two attached hydrogens (primary N) is 1. The molecule has 0 saturated carbocycles. The molecule has 5 nitrogen and oxygen atoms in total. The fourth-order valence-electron chi connectivity index (χ4n) is 2.12. The summed E-state index contributed by atoms with van der Waals surface area (Å²) >= 11 is 0. The Kier molecular flexibility index (Phi) is 2.48. The van der Waals surface area contributed by atoms with E-state index in [0.717, 1.165) is 22.4 Å². The lowest BCUT2D eigenvalue weighted by atomic mass is 10.1. The van der Waals surface area contributed by atoms with Crippen molar-refractivity contribution < 1.29 is 0 Å². The number of rotatable bonds is 1. The monoisotopic (exact) mass is 253 g/mol. The van der Waals surface area contributed by atoms with Crippen molar-refractivity contribution in [3.8, 4) is 5.82 Å². The van der Waals surface area contributed by atoms with E-state index in [1.54, 1.807) is 12.5 Å². The summed E-state index contributed by atoms with van der Waals surface area (Å²) in [6.45, 7) is 6.14. The maximum atomic E-state index is 5.68. The Balaban J connectivity index is 2.31. The number of fused-ring (bicyclic) bond motifs is 1. The molecule has 5 heteroatoms. The van der Waals surface area contributed by atoms with E-state index in [1.165, 1.54) is 11.1 Å². The SMILES string of the molecule is Cc1cc2ncn(-c3nc(N)ncc3C)c2cc1C. The third-order valence-electron chi connectivity index (χ3n) is 3.35. The van der Waals surface area contributed by atoms with Crippen LogP contribution in [0.1, 0.15) is 16.7 Å². The Labute approximate surface area is 111 Å². The van der Waals surface area contributed by atoms with Crippen molar-refractivity contribution >= 4 is 17.0 Å². The predicted molar refractivity (Wildman–Crippen MR) is 75.3 cm³/mol.